The number of aryl methyl sites for hydroxylation is 1. The lowest BCUT2D eigenvalue weighted by atomic mass is 10.1. The number of aromatic nitrogens is 4. The van der Waals surface area contributed by atoms with Gasteiger partial charge in [0.1, 0.15) is 12.4 Å². The van der Waals surface area contributed by atoms with Gasteiger partial charge in [-0.2, -0.15) is 4.98 Å². The zero-order valence-corrected chi connectivity index (χ0v) is 18.3. The second-order valence-electron chi connectivity index (χ2n) is 7.35. The number of fused-ring (bicyclic) bond motifs is 1. The minimum atomic E-state index is -0.379. The van der Waals surface area contributed by atoms with E-state index in [2.05, 4.69) is 31.7 Å². The molecule has 0 unspecified atom stereocenters. The molecule has 3 aromatic rings. The summed E-state index contributed by atoms with van der Waals surface area (Å²) in [7, 11) is 0. The third-order valence-corrected chi connectivity index (χ3v) is 5.16. The Labute approximate surface area is 186 Å². The molecule has 2 aromatic heterocycles. The van der Waals surface area contributed by atoms with Crippen LogP contribution >= 0.6 is 0 Å². The molecule has 0 saturated heterocycles. The van der Waals surface area contributed by atoms with Crippen LogP contribution in [0.4, 0.5) is 21.8 Å². The number of benzene rings is 1. The summed E-state index contributed by atoms with van der Waals surface area (Å²) in [5.74, 6) is 1.21. The first-order valence-corrected chi connectivity index (χ1v) is 10.3. The van der Waals surface area contributed by atoms with E-state index in [0.29, 0.717) is 42.0 Å². The number of nitrogens with zero attached hydrogens (tertiary/aromatic N) is 5. The molecule has 1 aliphatic heterocycles. The highest BCUT2D eigenvalue weighted by Gasteiger charge is 2.24. The van der Waals surface area contributed by atoms with E-state index in [1.54, 1.807) is 41.5 Å². The van der Waals surface area contributed by atoms with Crippen molar-refractivity contribution in [2.75, 3.05) is 23.4 Å². The molecule has 0 saturated carbocycles. The molecule has 32 heavy (non-hydrogen) atoms. The second kappa shape index (κ2) is 9.05. The Morgan fingerprint density at radius 1 is 1.31 bits per heavy atom. The summed E-state index contributed by atoms with van der Waals surface area (Å²) >= 11 is 0. The standard InChI is InChI=1S/C24H25FN6O/c1-5-7-20(16(3)6-2)31-10-11-32-22-13-26-24(29-23(22)31)28-18-8-9-21(19(25)12-18)30-14-17(4)27-15-30/h5-9,12-15H,1,10-11H2,2-4H3,(H,26,28,29)/b16-6-,20-7+. The number of halogens is 1. The Bertz CT molecular complexity index is 1210. The van der Waals surface area contributed by atoms with Crippen LogP contribution in [0.25, 0.3) is 5.69 Å². The Kier molecular flexibility index (Phi) is 6.02. The monoisotopic (exact) mass is 432 g/mol. The van der Waals surface area contributed by atoms with Gasteiger partial charge < -0.3 is 19.5 Å². The molecule has 4 rings (SSSR count). The van der Waals surface area contributed by atoms with Crippen molar-refractivity contribution in [3.63, 3.8) is 0 Å². The van der Waals surface area contributed by atoms with Crippen molar-refractivity contribution in [2.24, 2.45) is 0 Å². The third kappa shape index (κ3) is 4.25. The molecule has 0 atom stereocenters. The molecule has 164 valence electrons. The summed E-state index contributed by atoms with van der Waals surface area (Å²) in [5.41, 5.74) is 3.86. The zero-order chi connectivity index (χ0) is 22.7. The summed E-state index contributed by atoms with van der Waals surface area (Å²) in [5, 5.41) is 3.09. The second-order valence-corrected chi connectivity index (χ2v) is 7.35. The molecule has 1 aliphatic rings. The van der Waals surface area contributed by atoms with Gasteiger partial charge in [0, 0.05) is 17.6 Å². The number of allylic oxidation sites excluding steroid dienone is 4. The van der Waals surface area contributed by atoms with Gasteiger partial charge in [-0.3, -0.25) is 0 Å². The topological polar surface area (TPSA) is 68.1 Å². The van der Waals surface area contributed by atoms with Crippen LogP contribution in [0.5, 0.6) is 5.75 Å². The van der Waals surface area contributed by atoms with E-state index in [1.807, 2.05) is 32.9 Å². The molecule has 0 bridgehead atoms. The quantitative estimate of drug-likeness (QED) is 0.548. The molecule has 0 amide bonds. The predicted octanol–water partition coefficient (Wildman–Crippen LogP) is 5.09. The molecule has 0 fully saturated rings. The first-order valence-electron chi connectivity index (χ1n) is 10.3. The number of ether oxygens (including phenoxy) is 1. The van der Waals surface area contributed by atoms with Crippen LogP contribution in [0.2, 0.25) is 0 Å². The fourth-order valence-electron chi connectivity index (χ4n) is 3.47. The van der Waals surface area contributed by atoms with Gasteiger partial charge in [-0.15, -0.1) is 0 Å². The summed E-state index contributed by atoms with van der Waals surface area (Å²) in [4.78, 5) is 15.2. The highest BCUT2D eigenvalue weighted by molar-refractivity contribution is 5.65. The van der Waals surface area contributed by atoms with E-state index < -0.39 is 0 Å². The van der Waals surface area contributed by atoms with Gasteiger partial charge in [-0.25, -0.2) is 14.4 Å². The molecule has 1 aromatic carbocycles. The van der Waals surface area contributed by atoms with Crippen LogP contribution in [-0.4, -0.2) is 32.7 Å². The highest BCUT2D eigenvalue weighted by atomic mass is 19.1. The van der Waals surface area contributed by atoms with Gasteiger partial charge >= 0.3 is 0 Å². The average molecular weight is 433 g/mol. The number of nitrogens with one attached hydrogen (secondary N) is 1. The van der Waals surface area contributed by atoms with Gasteiger partial charge in [-0.1, -0.05) is 18.7 Å². The van der Waals surface area contributed by atoms with Crippen molar-refractivity contribution in [2.45, 2.75) is 20.8 Å². The molecular formula is C24H25FN6O. The van der Waals surface area contributed by atoms with Crippen LogP contribution in [0, 0.1) is 12.7 Å². The minimum absolute atomic E-state index is 0.348. The first kappa shape index (κ1) is 21.3. The van der Waals surface area contributed by atoms with Crippen LogP contribution < -0.4 is 15.0 Å². The molecule has 0 aliphatic carbocycles. The van der Waals surface area contributed by atoms with E-state index in [0.717, 1.165) is 17.0 Å². The summed E-state index contributed by atoms with van der Waals surface area (Å²) in [6.45, 7) is 10.9. The maximum absolute atomic E-state index is 14.7. The zero-order valence-electron chi connectivity index (χ0n) is 18.3. The van der Waals surface area contributed by atoms with Gasteiger partial charge in [-0.05, 0) is 50.6 Å². The van der Waals surface area contributed by atoms with Crippen molar-refractivity contribution in [3.05, 3.63) is 84.5 Å². The maximum Gasteiger partial charge on any atom is 0.229 e. The molecule has 8 heteroatoms. The van der Waals surface area contributed by atoms with Crippen molar-refractivity contribution in [3.8, 4) is 11.4 Å². The summed E-state index contributed by atoms with van der Waals surface area (Å²) < 4.78 is 22.1. The SMILES string of the molecule is C=C/C=C(\C(C)=C/C)N1CCOc2cnc(Nc3ccc(-n4cnc(C)c4)c(F)c3)nc21. The van der Waals surface area contributed by atoms with Crippen molar-refractivity contribution in [1.82, 2.24) is 19.5 Å². The van der Waals surface area contributed by atoms with E-state index in [4.69, 9.17) is 4.74 Å². The first-order chi connectivity index (χ1) is 15.5. The van der Waals surface area contributed by atoms with Crippen molar-refractivity contribution >= 4 is 17.5 Å². The lowest BCUT2D eigenvalue weighted by Crippen LogP contribution is -2.33. The Balaban J connectivity index is 1.63. The highest BCUT2D eigenvalue weighted by Crippen LogP contribution is 2.34. The number of hydrogen-bond donors (Lipinski definition) is 1. The van der Waals surface area contributed by atoms with Crippen LogP contribution in [0.3, 0.4) is 0 Å². The molecule has 0 spiro atoms. The molecule has 7 nitrogen and oxygen atoms in total. The van der Waals surface area contributed by atoms with Crippen LogP contribution in [0.1, 0.15) is 19.5 Å². The smallest absolute Gasteiger partial charge is 0.229 e. The predicted molar refractivity (Wildman–Crippen MR) is 124 cm³/mol. The van der Waals surface area contributed by atoms with E-state index in [9.17, 15) is 4.39 Å². The fraction of sp³-hybridized carbons (Fsp3) is 0.208. The third-order valence-electron chi connectivity index (χ3n) is 5.16. The van der Waals surface area contributed by atoms with Gasteiger partial charge in [0.2, 0.25) is 5.95 Å². The van der Waals surface area contributed by atoms with Gasteiger partial charge in [0.15, 0.2) is 11.6 Å². The minimum Gasteiger partial charge on any atom is -0.486 e. The number of imidazole rings is 1. The molecule has 3 heterocycles. The van der Waals surface area contributed by atoms with Crippen LogP contribution in [-0.2, 0) is 0 Å². The van der Waals surface area contributed by atoms with Crippen molar-refractivity contribution < 1.29 is 9.13 Å². The average Bonchev–Trinajstić information content (AvgIpc) is 3.22. The lowest BCUT2D eigenvalue weighted by Gasteiger charge is -2.32. The van der Waals surface area contributed by atoms with E-state index in [-0.39, 0.29) is 5.82 Å². The number of anilines is 3. The summed E-state index contributed by atoms with van der Waals surface area (Å²) in [6.07, 6.45) is 10.7. The number of hydrogen-bond acceptors (Lipinski definition) is 6. The van der Waals surface area contributed by atoms with Gasteiger partial charge in [0.25, 0.3) is 0 Å². The summed E-state index contributed by atoms with van der Waals surface area (Å²) in [6, 6.07) is 4.87. The fourth-order valence-corrected chi connectivity index (χ4v) is 3.47. The maximum atomic E-state index is 14.7. The Hall–Kier alpha value is -3.94. The molecule has 0 radical (unpaired) electrons. The normalized spacial score (nSPS) is 14.1. The van der Waals surface area contributed by atoms with E-state index >= 15 is 0 Å². The van der Waals surface area contributed by atoms with Gasteiger partial charge in [0.05, 0.1) is 30.5 Å². The largest absolute Gasteiger partial charge is 0.486 e. The van der Waals surface area contributed by atoms with Crippen molar-refractivity contribution in [1.29, 1.82) is 0 Å². The van der Waals surface area contributed by atoms with Crippen LogP contribution in [0.15, 0.2) is 73.0 Å². The number of rotatable bonds is 6. The lowest BCUT2D eigenvalue weighted by molar-refractivity contribution is 0.308. The Morgan fingerprint density at radius 2 is 2.16 bits per heavy atom. The Morgan fingerprint density at radius 3 is 2.84 bits per heavy atom. The van der Waals surface area contributed by atoms with E-state index in [1.165, 1.54) is 6.07 Å². The molecular weight excluding hydrogens is 407 g/mol. The molecule has 1 N–H and O–H groups in total.